The molecule has 1 spiro atoms. The summed E-state index contributed by atoms with van der Waals surface area (Å²) >= 11 is 0. The van der Waals surface area contributed by atoms with Crippen molar-refractivity contribution >= 4 is 20.1 Å². The number of ether oxygens (including phenoxy) is 4. The predicted octanol–water partition coefficient (Wildman–Crippen LogP) is 5.50. The molecule has 0 aromatic heterocycles. The number of fused-ring (bicyclic) bond motifs is 3. The van der Waals surface area contributed by atoms with Crippen LogP contribution in [0, 0.1) is 0 Å². The molecule has 0 N–H and O–H groups in total. The van der Waals surface area contributed by atoms with Crippen molar-refractivity contribution in [1.29, 1.82) is 0 Å². The average molecular weight is 572 g/mol. The molecule has 9 heteroatoms. The molecule has 40 heavy (non-hydrogen) atoms. The molecule has 3 atom stereocenters. The maximum atomic E-state index is 13.3. The van der Waals surface area contributed by atoms with Crippen molar-refractivity contribution in [3.8, 4) is 11.5 Å². The van der Waals surface area contributed by atoms with E-state index in [-0.39, 0.29) is 29.7 Å². The van der Waals surface area contributed by atoms with Crippen molar-refractivity contribution in [3.05, 3.63) is 35.1 Å². The summed E-state index contributed by atoms with van der Waals surface area (Å²) in [7, 11) is -0.429. The van der Waals surface area contributed by atoms with Gasteiger partial charge in [-0.05, 0) is 93.5 Å². The number of rotatable bonds is 8. The Bertz CT molecular complexity index is 1220. The lowest BCUT2D eigenvalue weighted by Gasteiger charge is -2.42. The average Bonchev–Trinajstić information content (AvgIpc) is 3.55. The van der Waals surface area contributed by atoms with Gasteiger partial charge in [-0.15, -0.1) is 0 Å². The topological polar surface area (TPSA) is 83.5 Å². The van der Waals surface area contributed by atoms with Gasteiger partial charge in [-0.2, -0.15) is 0 Å². The van der Waals surface area contributed by atoms with Crippen LogP contribution in [0.4, 0.5) is 0 Å². The molecule has 1 aromatic carbocycles. The van der Waals surface area contributed by atoms with Gasteiger partial charge in [-0.1, -0.05) is 20.8 Å². The first kappa shape index (κ1) is 29.1. The third-order valence-corrected chi connectivity index (χ3v) is 14.4. The Hall–Kier alpha value is -2.36. The van der Waals surface area contributed by atoms with Crippen LogP contribution in [0.1, 0.15) is 77.3 Å². The zero-order chi connectivity index (χ0) is 29.1. The minimum Gasteiger partial charge on any atom is -0.497 e. The molecule has 4 aliphatic rings. The number of benzene rings is 1. The van der Waals surface area contributed by atoms with Gasteiger partial charge in [0.2, 0.25) is 12.6 Å². The monoisotopic (exact) mass is 571 g/mol. The van der Waals surface area contributed by atoms with E-state index in [1.165, 1.54) is 0 Å². The van der Waals surface area contributed by atoms with E-state index in [4.69, 9.17) is 23.4 Å². The fourth-order valence-electron chi connectivity index (χ4n) is 6.69. The second kappa shape index (κ2) is 10.2. The Morgan fingerprint density at radius 3 is 2.48 bits per heavy atom. The van der Waals surface area contributed by atoms with Crippen molar-refractivity contribution < 1.29 is 33.0 Å². The Labute approximate surface area is 239 Å². The summed E-state index contributed by atoms with van der Waals surface area (Å²) in [5.74, 6) is 0.503. The van der Waals surface area contributed by atoms with Crippen molar-refractivity contribution in [3.63, 3.8) is 0 Å². The summed E-state index contributed by atoms with van der Waals surface area (Å²) in [4.78, 5) is 29.0. The van der Waals surface area contributed by atoms with Gasteiger partial charge in [-0.25, -0.2) is 4.79 Å². The smallest absolute Gasteiger partial charge is 0.375 e. The maximum absolute atomic E-state index is 13.3. The lowest BCUT2D eigenvalue weighted by molar-refractivity contribution is -0.159. The van der Waals surface area contributed by atoms with E-state index in [9.17, 15) is 9.59 Å². The Balaban J connectivity index is 1.37. The third kappa shape index (κ3) is 5.09. The zero-order valence-corrected chi connectivity index (χ0v) is 26.3. The Morgan fingerprint density at radius 1 is 1.10 bits per heavy atom. The van der Waals surface area contributed by atoms with Gasteiger partial charge in [0.1, 0.15) is 5.76 Å². The summed E-state index contributed by atoms with van der Waals surface area (Å²) in [5.41, 5.74) is 1.37. The fraction of sp³-hybridized carbons (Fsp3) is 0.677. The number of ketones is 1. The highest BCUT2D eigenvalue weighted by Crippen LogP contribution is 2.55. The van der Waals surface area contributed by atoms with Crippen molar-refractivity contribution in [2.45, 2.75) is 108 Å². The predicted molar refractivity (Wildman–Crippen MR) is 154 cm³/mol. The Morgan fingerprint density at radius 2 is 1.80 bits per heavy atom. The van der Waals surface area contributed by atoms with Gasteiger partial charge in [-0.3, -0.25) is 9.69 Å². The number of hydrogen-bond donors (Lipinski definition) is 0. The third-order valence-electron chi connectivity index (χ3n) is 9.72. The fourth-order valence-corrected chi connectivity index (χ4v) is 8.48. The minimum absolute atomic E-state index is 0.0505. The normalized spacial score (nSPS) is 25.9. The van der Waals surface area contributed by atoms with Crippen LogP contribution in [0.25, 0.3) is 0 Å². The van der Waals surface area contributed by atoms with E-state index in [0.717, 1.165) is 49.2 Å². The first-order valence-electron chi connectivity index (χ1n) is 14.6. The molecule has 1 saturated heterocycles. The molecule has 5 rings (SSSR count). The number of hydrogen-bond acceptors (Lipinski definition) is 8. The summed E-state index contributed by atoms with van der Waals surface area (Å²) < 4.78 is 29.9. The highest BCUT2D eigenvalue weighted by Gasteiger charge is 2.58. The molecule has 1 aliphatic carbocycles. The van der Waals surface area contributed by atoms with Crippen molar-refractivity contribution in [1.82, 2.24) is 4.90 Å². The van der Waals surface area contributed by atoms with Gasteiger partial charge in [0, 0.05) is 13.0 Å². The minimum atomic E-state index is -2.04. The second-order valence-corrected chi connectivity index (χ2v) is 18.6. The maximum Gasteiger partial charge on any atom is 0.375 e. The molecular formula is C31H45NO7Si. The van der Waals surface area contributed by atoms with Crippen LogP contribution in [0.3, 0.4) is 0 Å². The molecule has 3 heterocycles. The van der Waals surface area contributed by atoms with Gasteiger partial charge in [0.05, 0.1) is 24.2 Å². The van der Waals surface area contributed by atoms with E-state index in [0.29, 0.717) is 17.9 Å². The SMILES string of the molecule is COC1=C[C@]23CCCN2CCc2cc4c(cc2[C@@H]3[C@@H]1OC(=O)C(=O)CCC(C)(C)O[Si](C)(C)C(C)(C)C)OCO4. The summed E-state index contributed by atoms with van der Waals surface area (Å²) in [6, 6.07) is 4.11. The van der Waals surface area contributed by atoms with E-state index in [2.05, 4.69) is 50.9 Å². The molecule has 0 bridgehead atoms. The molecule has 0 amide bonds. The lowest BCUT2D eigenvalue weighted by atomic mass is 9.77. The number of carbonyl (C=O) groups excluding carboxylic acids is 2. The van der Waals surface area contributed by atoms with E-state index in [1.54, 1.807) is 7.11 Å². The molecule has 1 fully saturated rings. The number of methoxy groups -OCH3 is 1. The van der Waals surface area contributed by atoms with Crippen LogP contribution in [0.15, 0.2) is 24.0 Å². The highest BCUT2D eigenvalue weighted by atomic mass is 28.4. The molecule has 8 nitrogen and oxygen atoms in total. The Kier molecular flexibility index (Phi) is 7.41. The number of esters is 1. The van der Waals surface area contributed by atoms with E-state index >= 15 is 0 Å². The van der Waals surface area contributed by atoms with Crippen molar-refractivity contribution in [2.75, 3.05) is 27.0 Å². The van der Waals surface area contributed by atoms with Gasteiger partial charge < -0.3 is 23.4 Å². The first-order valence-corrected chi connectivity index (χ1v) is 17.5. The standard InChI is InChI=1S/C31H45NO7Si/c1-29(2,3)40(7,8)39-30(4,5)13-10-22(33)28(34)38-27-25(35-6)18-31-12-9-14-32(31)15-11-20-16-23-24(37-19-36-23)17-21(20)26(27)31/h16-18,26-27H,9-15,19H2,1-8H3/t26-,27-,31+/m1/s1. The van der Waals surface area contributed by atoms with Crippen LogP contribution < -0.4 is 9.47 Å². The van der Waals surface area contributed by atoms with E-state index in [1.807, 2.05) is 19.9 Å². The second-order valence-electron chi connectivity index (χ2n) is 13.8. The molecule has 220 valence electrons. The highest BCUT2D eigenvalue weighted by molar-refractivity contribution is 6.74. The van der Waals surface area contributed by atoms with Crippen LogP contribution in [-0.4, -0.2) is 69.2 Å². The zero-order valence-electron chi connectivity index (χ0n) is 25.3. The molecular weight excluding hydrogens is 526 g/mol. The van der Waals surface area contributed by atoms with Gasteiger partial charge in [0.15, 0.2) is 25.9 Å². The number of carbonyl (C=O) groups is 2. The van der Waals surface area contributed by atoms with Crippen molar-refractivity contribution in [2.24, 2.45) is 0 Å². The number of nitrogens with zero attached hydrogens (tertiary/aromatic N) is 1. The van der Waals surface area contributed by atoms with Crippen LogP contribution >= 0.6 is 0 Å². The molecule has 0 radical (unpaired) electrons. The van der Waals surface area contributed by atoms with E-state index < -0.39 is 31.8 Å². The molecule has 3 aliphatic heterocycles. The van der Waals surface area contributed by atoms with Crippen LogP contribution in [0.2, 0.25) is 18.1 Å². The molecule has 0 saturated carbocycles. The number of Topliss-reactive ketones (excluding diaryl/α,β-unsaturated/α-hetero) is 1. The summed E-state index contributed by atoms with van der Waals surface area (Å²) in [6.07, 6.45) is 4.80. The molecule has 0 unspecified atom stereocenters. The summed E-state index contributed by atoms with van der Waals surface area (Å²) in [6.45, 7) is 17.0. The van der Waals surface area contributed by atoms with Gasteiger partial charge >= 0.3 is 5.97 Å². The van der Waals surface area contributed by atoms with Crippen LogP contribution in [-0.2, 0) is 29.9 Å². The lowest BCUT2D eigenvalue weighted by Crippen LogP contribution is -2.48. The largest absolute Gasteiger partial charge is 0.497 e. The van der Waals surface area contributed by atoms with Crippen LogP contribution in [0.5, 0.6) is 11.5 Å². The van der Waals surface area contributed by atoms with Gasteiger partial charge in [0.25, 0.3) is 0 Å². The first-order chi connectivity index (χ1) is 18.7. The summed E-state index contributed by atoms with van der Waals surface area (Å²) in [5, 5.41) is 0.0505. The quantitative estimate of drug-likeness (QED) is 0.230. The molecule has 1 aromatic rings.